The third-order valence-corrected chi connectivity index (χ3v) is 7.40. The van der Waals surface area contributed by atoms with Crippen LogP contribution in [-0.2, 0) is 11.3 Å². The van der Waals surface area contributed by atoms with Crippen LogP contribution in [0.5, 0.6) is 0 Å². The number of carbonyl (C=O) groups excluding carboxylic acids is 2. The molecule has 0 unspecified atom stereocenters. The van der Waals surface area contributed by atoms with Crippen molar-refractivity contribution < 1.29 is 14.0 Å². The highest BCUT2D eigenvalue weighted by Gasteiger charge is 2.36. The van der Waals surface area contributed by atoms with Crippen molar-refractivity contribution in [2.24, 2.45) is 11.7 Å². The molecule has 2 aliphatic rings. The van der Waals surface area contributed by atoms with E-state index in [1.807, 2.05) is 19.9 Å². The van der Waals surface area contributed by atoms with Gasteiger partial charge in [0.05, 0.1) is 16.8 Å². The number of benzene rings is 1. The molecular formula is C29H32FN5O2. The van der Waals surface area contributed by atoms with Gasteiger partial charge in [-0.25, -0.2) is 4.39 Å². The molecule has 3 heterocycles. The largest absolute Gasteiger partial charge is 0.359 e. The Morgan fingerprint density at radius 3 is 2.59 bits per heavy atom. The molecule has 2 aromatic heterocycles. The predicted molar refractivity (Wildman–Crippen MR) is 142 cm³/mol. The van der Waals surface area contributed by atoms with E-state index in [1.54, 1.807) is 35.5 Å². The minimum Gasteiger partial charge on any atom is -0.359 e. The fourth-order valence-corrected chi connectivity index (χ4v) is 5.32. The number of nitrogens with zero attached hydrogens (tertiary/aromatic N) is 2. The van der Waals surface area contributed by atoms with Crippen molar-refractivity contribution in [3.05, 3.63) is 82.2 Å². The van der Waals surface area contributed by atoms with Crippen LogP contribution in [0.15, 0.2) is 42.7 Å². The summed E-state index contributed by atoms with van der Waals surface area (Å²) in [5.74, 6) is -1.05. The molecule has 8 heteroatoms. The molecule has 0 spiro atoms. The van der Waals surface area contributed by atoms with Gasteiger partial charge >= 0.3 is 0 Å². The van der Waals surface area contributed by atoms with Crippen LogP contribution in [-0.4, -0.2) is 34.4 Å². The highest BCUT2D eigenvalue weighted by atomic mass is 19.1. The van der Waals surface area contributed by atoms with Crippen molar-refractivity contribution in [3.63, 3.8) is 0 Å². The van der Waals surface area contributed by atoms with E-state index in [0.717, 1.165) is 48.2 Å². The monoisotopic (exact) mass is 501 g/mol. The van der Waals surface area contributed by atoms with Gasteiger partial charge in [0.2, 0.25) is 0 Å². The number of anilines is 1. The molecule has 1 saturated carbocycles. The molecule has 5 rings (SSSR count). The number of nitrogens with one attached hydrogen (secondary N) is 2. The lowest BCUT2D eigenvalue weighted by Crippen LogP contribution is -2.36. The highest BCUT2D eigenvalue weighted by Crippen LogP contribution is 2.41. The van der Waals surface area contributed by atoms with Gasteiger partial charge in [0.1, 0.15) is 5.82 Å². The number of halogens is 1. The third-order valence-electron chi connectivity index (χ3n) is 7.40. The van der Waals surface area contributed by atoms with Gasteiger partial charge in [-0.3, -0.25) is 14.6 Å². The molecule has 3 aromatic rings. The molecule has 1 aromatic carbocycles. The molecule has 2 amide bonds. The van der Waals surface area contributed by atoms with Crippen molar-refractivity contribution in [2.45, 2.75) is 52.1 Å². The molecule has 0 atom stereocenters. The number of amides is 2. The Hall–Kier alpha value is -3.78. The number of nitrogens with two attached hydrogens (primary N) is 1. The minimum absolute atomic E-state index is 0.0792. The molecule has 0 radical (unpaired) electrons. The van der Waals surface area contributed by atoms with Crippen molar-refractivity contribution in [2.75, 3.05) is 11.4 Å². The third kappa shape index (κ3) is 5.20. The van der Waals surface area contributed by atoms with Gasteiger partial charge in [-0.1, -0.05) is 0 Å². The van der Waals surface area contributed by atoms with Gasteiger partial charge in [-0.2, -0.15) is 0 Å². The predicted octanol–water partition coefficient (Wildman–Crippen LogP) is 4.50. The van der Waals surface area contributed by atoms with Crippen LogP contribution >= 0.6 is 0 Å². The first kappa shape index (κ1) is 24.9. The number of hydrogen-bond donors (Lipinski definition) is 3. The summed E-state index contributed by atoms with van der Waals surface area (Å²) in [6.45, 7) is 4.69. The second-order valence-corrected chi connectivity index (χ2v) is 10.2. The van der Waals surface area contributed by atoms with Crippen molar-refractivity contribution in [1.29, 1.82) is 0 Å². The van der Waals surface area contributed by atoms with E-state index in [-0.39, 0.29) is 24.1 Å². The number of aromatic nitrogens is 2. The summed E-state index contributed by atoms with van der Waals surface area (Å²) in [6, 6.07) is 8.63. The van der Waals surface area contributed by atoms with Gasteiger partial charge in [-0.15, -0.1) is 0 Å². The second kappa shape index (κ2) is 10.3. The first-order valence-electron chi connectivity index (χ1n) is 12.8. The van der Waals surface area contributed by atoms with Crippen LogP contribution in [0.2, 0.25) is 0 Å². The standard InChI is InChI=1S/C29H32FN5O2/c1-17-11-18(2)34-26(17)13-23-22-12-25(30)24(28(36)33-15-19-7-9-32-10-8-19)14-27(22)35(29(23)37)16-20-3-5-21(31)6-4-20/h7-14,20-21,34H,3-6,15-16,31H2,1-2H3,(H,33,36)/b23-13-. The molecule has 192 valence electrons. The van der Waals surface area contributed by atoms with E-state index < -0.39 is 11.7 Å². The minimum atomic E-state index is -0.658. The highest BCUT2D eigenvalue weighted by molar-refractivity contribution is 6.36. The molecule has 0 saturated heterocycles. The van der Waals surface area contributed by atoms with E-state index in [2.05, 4.69) is 15.3 Å². The number of aromatic amines is 1. The van der Waals surface area contributed by atoms with E-state index in [9.17, 15) is 9.59 Å². The topological polar surface area (TPSA) is 104 Å². The Morgan fingerprint density at radius 2 is 1.92 bits per heavy atom. The summed E-state index contributed by atoms with van der Waals surface area (Å²) in [6.07, 6.45) is 8.80. The van der Waals surface area contributed by atoms with Crippen LogP contribution in [0, 0.1) is 25.6 Å². The number of pyridine rings is 1. The summed E-state index contributed by atoms with van der Waals surface area (Å²) in [5, 5.41) is 2.78. The zero-order chi connectivity index (χ0) is 26.1. The molecule has 4 N–H and O–H groups in total. The molecule has 1 aliphatic carbocycles. The average molecular weight is 502 g/mol. The van der Waals surface area contributed by atoms with Gasteiger partial charge in [0, 0.05) is 48.5 Å². The van der Waals surface area contributed by atoms with Gasteiger partial charge < -0.3 is 20.9 Å². The fraction of sp³-hybridized carbons (Fsp3) is 0.345. The number of rotatable bonds is 6. The normalized spacial score (nSPS) is 20.4. The Bertz CT molecular complexity index is 1360. The van der Waals surface area contributed by atoms with Crippen LogP contribution in [0.4, 0.5) is 10.1 Å². The lowest BCUT2D eigenvalue weighted by Gasteiger charge is -2.30. The average Bonchev–Trinajstić information content (AvgIpc) is 3.33. The fourth-order valence-electron chi connectivity index (χ4n) is 5.32. The van der Waals surface area contributed by atoms with Crippen molar-refractivity contribution in [3.8, 4) is 0 Å². The smallest absolute Gasteiger partial charge is 0.259 e. The van der Waals surface area contributed by atoms with E-state index >= 15 is 4.39 Å². The maximum absolute atomic E-state index is 15.3. The van der Waals surface area contributed by atoms with E-state index in [1.165, 1.54) is 12.1 Å². The lowest BCUT2D eigenvalue weighted by molar-refractivity contribution is -0.113. The summed E-state index contributed by atoms with van der Waals surface area (Å²) >= 11 is 0. The quantitative estimate of drug-likeness (QED) is 0.433. The zero-order valence-corrected chi connectivity index (χ0v) is 21.2. The maximum atomic E-state index is 15.3. The van der Waals surface area contributed by atoms with Crippen LogP contribution < -0.4 is 16.0 Å². The van der Waals surface area contributed by atoms with Gasteiger partial charge in [0.25, 0.3) is 11.8 Å². The lowest BCUT2D eigenvalue weighted by atomic mass is 9.86. The Labute approximate surface area is 216 Å². The van der Waals surface area contributed by atoms with Crippen LogP contribution in [0.3, 0.4) is 0 Å². The van der Waals surface area contributed by atoms with Crippen molar-refractivity contribution in [1.82, 2.24) is 15.3 Å². The number of carbonyl (C=O) groups is 2. The van der Waals surface area contributed by atoms with Crippen LogP contribution in [0.1, 0.15) is 64.1 Å². The van der Waals surface area contributed by atoms with E-state index in [0.29, 0.717) is 29.3 Å². The number of hydrogen-bond acceptors (Lipinski definition) is 4. The van der Waals surface area contributed by atoms with Gasteiger partial charge in [-0.05, 0) is 93.0 Å². The maximum Gasteiger partial charge on any atom is 0.259 e. The zero-order valence-electron chi connectivity index (χ0n) is 21.2. The summed E-state index contributed by atoms with van der Waals surface area (Å²) in [5.41, 5.74) is 11.2. The number of aryl methyl sites for hydroxylation is 2. The molecule has 7 nitrogen and oxygen atoms in total. The Balaban J connectivity index is 1.49. The number of fused-ring (bicyclic) bond motifs is 1. The first-order valence-corrected chi connectivity index (χ1v) is 12.8. The summed E-state index contributed by atoms with van der Waals surface area (Å²) < 4.78 is 15.3. The summed E-state index contributed by atoms with van der Waals surface area (Å²) in [4.78, 5) is 35.6. The molecule has 37 heavy (non-hydrogen) atoms. The summed E-state index contributed by atoms with van der Waals surface area (Å²) in [7, 11) is 0. The van der Waals surface area contributed by atoms with E-state index in [4.69, 9.17) is 5.73 Å². The molecule has 0 bridgehead atoms. The Kier molecular flexibility index (Phi) is 6.93. The second-order valence-electron chi connectivity index (χ2n) is 10.2. The van der Waals surface area contributed by atoms with Gasteiger partial charge in [0.15, 0.2) is 0 Å². The molecule has 1 fully saturated rings. The molecule has 1 aliphatic heterocycles. The Morgan fingerprint density at radius 1 is 1.19 bits per heavy atom. The van der Waals surface area contributed by atoms with Crippen molar-refractivity contribution >= 4 is 29.2 Å². The number of H-pyrrole nitrogens is 1. The first-order chi connectivity index (χ1) is 17.8. The SMILES string of the molecule is Cc1cc(C)c(/C=C2\C(=O)N(CC3CCC(N)CC3)c3cc(C(=O)NCc4ccncc4)c(F)cc32)[nH]1. The molecular weight excluding hydrogens is 469 g/mol. The van der Waals surface area contributed by atoms with Crippen LogP contribution in [0.25, 0.3) is 11.6 Å².